The van der Waals surface area contributed by atoms with E-state index < -0.39 is 0 Å². The molecule has 2 aliphatic rings. The van der Waals surface area contributed by atoms with Crippen molar-refractivity contribution in [1.82, 2.24) is 15.1 Å². The van der Waals surface area contributed by atoms with Gasteiger partial charge in [-0.1, -0.05) is 0 Å². The van der Waals surface area contributed by atoms with Gasteiger partial charge in [-0.25, -0.2) is 0 Å². The lowest BCUT2D eigenvalue weighted by molar-refractivity contribution is 0.207. The van der Waals surface area contributed by atoms with E-state index in [1.54, 1.807) is 0 Å². The summed E-state index contributed by atoms with van der Waals surface area (Å²) in [6.07, 6.45) is 7.31. The van der Waals surface area contributed by atoms with Gasteiger partial charge in [0.25, 0.3) is 0 Å². The molecule has 0 amide bonds. The van der Waals surface area contributed by atoms with E-state index in [0.29, 0.717) is 0 Å². The van der Waals surface area contributed by atoms with Gasteiger partial charge in [0.1, 0.15) is 5.82 Å². The maximum Gasteiger partial charge on any atom is 0.150 e. The Labute approximate surface area is 96.6 Å². The first-order valence-corrected chi connectivity index (χ1v) is 6.42. The number of piperidine rings is 1. The number of hydrogen-bond donors (Lipinski definition) is 1. The zero-order chi connectivity index (χ0) is 10.8. The fourth-order valence-electron chi connectivity index (χ4n) is 3.00. The highest BCUT2D eigenvalue weighted by Gasteiger charge is 2.26. The number of rotatable bonds is 2. The predicted octanol–water partition coefficient (Wildman–Crippen LogP) is 1.47. The molecule has 2 saturated heterocycles. The van der Waals surface area contributed by atoms with Crippen molar-refractivity contribution in [3.63, 3.8) is 0 Å². The molecule has 2 fully saturated rings. The first kappa shape index (κ1) is 10.1. The van der Waals surface area contributed by atoms with E-state index in [-0.39, 0.29) is 0 Å². The number of anilines is 1. The van der Waals surface area contributed by atoms with E-state index in [9.17, 15) is 0 Å². The largest absolute Gasteiger partial charge is 0.355 e. The summed E-state index contributed by atoms with van der Waals surface area (Å²) in [6, 6.07) is 2.90. The Hall–Kier alpha value is -1.03. The lowest BCUT2D eigenvalue weighted by atomic mass is 10.0. The molecular weight excluding hydrogens is 200 g/mol. The number of likely N-dealkylation sites (tertiary alicyclic amines) is 1. The molecule has 0 bridgehead atoms. The predicted molar refractivity (Wildman–Crippen MR) is 64.6 cm³/mol. The molecule has 0 aromatic carbocycles. The van der Waals surface area contributed by atoms with Crippen molar-refractivity contribution in [2.45, 2.75) is 31.7 Å². The van der Waals surface area contributed by atoms with E-state index in [4.69, 9.17) is 0 Å². The van der Waals surface area contributed by atoms with Gasteiger partial charge in [0.15, 0.2) is 0 Å². The lowest BCUT2D eigenvalue weighted by Crippen LogP contribution is -2.44. The van der Waals surface area contributed by atoms with Crippen LogP contribution in [-0.4, -0.2) is 47.3 Å². The summed E-state index contributed by atoms with van der Waals surface area (Å²) >= 11 is 0. The molecule has 0 unspecified atom stereocenters. The average Bonchev–Trinajstić information content (AvgIpc) is 3.03. The molecule has 0 saturated carbocycles. The molecule has 0 radical (unpaired) electrons. The number of aromatic nitrogens is 2. The molecule has 1 N–H and O–H groups in total. The third kappa shape index (κ3) is 1.94. The standard InChI is InChI=1S/C12H20N4/c1-2-8-15(7-1)11-4-9-16(10-5-11)12-3-6-13-14-12/h3,6,11H,1-2,4-5,7-10H2,(H,13,14). The maximum atomic E-state index is 4.25. The van der Waals surface area contributed by atoms with Crippen LogP contribution < -0.4 is 4.90 Å². The molecule has 0 spiro atoms. The second-order valence-corrected chi connectivity index (χ2v) is 4.89. The van der Waals surface area contributed by atoms with Crippen LogP contribution in [0, 0.1) is 0 Å². The zero-order valence-electron chi connectivity index (χ0n) is 9.73. The zero-order valence-corrected chi connectivity index (χ0v) is 9.73. The number of aromatic amines is 1. The molecule has 3 heterocycles. The Morgan fingerprint density at radius 1 is 1.12 bits per heavy atom. The maximum absolute atomic E-state index is 4.25. The van der Waals surface area contributed by atoms with Crippen molar-refractivity contribution in [3.8, 4) is 0 Å². The van der Waals surface area contributed by atoms with Crippen molar-refractivity contribution in [2.75, 3.05) is 31.1 Å². The molecule has 16 heavy (non-hydrogen) atoms. The highest BCUT2D eigenvalue weighted by atomic mass is 15.3. The Morgan fingerprint density at radius 3 is 2.50 bits per heavy atom. The fraction of sp³-hybridized carbons (Fsp3) is 0.750. The van der Waals surface area contributed by atoms with Gasteiger partial charge in [-0.3, -0.25) is 5.10 Å². The fourth-order valence-corrected chi connectivity index (χ4v) is 3.00. The molecule has 2 aliphatic heterocycles. The van der Waals surface area contributed by atoms with Crippen molar-refractivity contribution in [1.29, 1.82) is 0 Å². The van der Waals surface area contributed by atoms with Crippen LogP contribution >= 0.6 is 0 Å². The Balaban J connectivity index is 1.55. The van der Waals surface area contributed by atoms with E-state index in [2.05, 4.69) is 26.1 Å². The number of nitrogens with zero attached hydrogens (tertiary/aromatic N) is 3. The summed E-state index contributed by atoms with van der Waals surface area (Å²) in [4.78, 5) is 5.07. The molecule has 3 rings (SSSR count). The summed E-state index contributed by atoms with van der Waals surface area (Å²) in [7, 11) is 0. The molecule has 0 atom stereocenters. The number of nitrogens with one attached hydrogen (secondary N) is 1. The van der Waals surface area contributed by atoms with E-state index in [1.165, 1.54) is 38.8 Å². The minimum absolute atomic E-state index is 0.831. The summed E-state index contributed by atoms with van der Waals surface area (Å²) in [5.41, 5.74) is 0. The van der Waals surface area contributed by atoms with Crippen molar-refractivity contribution >= 4 is 5.82 Å². The monoisotopic (exact) mass is 220 g/mol. The Morgan fingerprint density at radius 2 is 1.88 bits per heavy atom. The summed E-state index contributed by atoms with van der Waals surface area (Å²) in [6.45, 7) is 4.97. The molecule has 1 aromatic rings. The highest BCUT2D eigenvalue weighted by Crippen LogP contribution is 2.23. The topological polar surface area (TPSA) is 35.2 Å². The first-order chi connectivity index (χ1) is 7.93. The van der Waals surface area contributed by atoms with Gasteiger partial charge in [-0.2, -0.15) is 5.10 Å². The smallest absolute Gasteiger partial charge is 0.150 e. The van der Waals surface area contributed by atoms with Crippen molar-refractivity contribution < 1.29 is 0 Å². The summed E-state index contributed by atoms with van der Waals surface area (Å²) < 4.78 is 0. The van der Waals surface area contributed by atoms with E-state index in [0.717, 1.165) is 24.9 Å². The second-order valence-electron chi connectivity index (χ2n) is 4.89. The van der Waals surface area contributed by atoms with Crippen LogP contribution in [0.1, 0.15) is 25.7 Å². The highest BCUT2D eigenvalue weighted by molar-refractivity contribution is 5.36. The number of H-pyrrole nitrogens is 1. The second kappa shape index (κ2) is 4.45. The third-order valence-corrected chi connectivity index (χ3v) is 3.93. The minimum atomic E-state index is 0.831. The van der Waals surface area contributed by atoms with Gasteiger partial charge in [0.2, 0.25) is 0 Å². The van der Waals surface area contributed by atoms with E-state index >= 15 is 0 Å². The first-order valence-electron chi connectivity index (χ1n) is 6.42. The van der Waals surface area contributed by atoms with E-state index in [1.807, 2.05) is 6.20 Å². The molecular formula is C12H20N4. The number of hydrogen-bond acceptors (Lipinski definition) is 3. The quantitative estimate of drug-likeness (QED) is 0.820. The Kier molecular flexibility index (Phi) is 2.82. The van der Waals surface area contributed by atoms with Gasteiger partial charge < -0.3 is 9.80 Å². The van der Waals surface area contributed by atoms with Crippen LogP contribution in [0.25, 0.3) is 0 Å². The van der Waals surface area contributed by atoms with Crippen LogP contribution in [-0.2, 0) is 0 Å². The third-order valence-electron chi connectivity index (χ3n) is 3.93. The van der Waals surface area contributed by atoms with Crippen molar-refractivity contribution in [2.24, 2.45) is 0 Å². The van der Waals surface area contributed by atoms with Gasteiger partial charge in [-0.15, -0.1) is 0 Å². The SMILES string of the molecule is c1cc(N2CCC(N3CCCC3)CC2)n[nH]1. The Bertz CT molecular complexity index is 308. The van der Waals surface area contributed by atoms with Crippen LogP contribution in [0.4, 0.5) is 5.82 Å². The molecule has 1 aromatic heterocycles. The van der Waals surface area contributed by atoms with Crippen molar-refractivity contribution in [3.05, 3.63) is 12.3 Å². The normalized spacial score (nSPS) is 24.1. The molecule has 0 aliphatic carbocycles. The van der Waals surface area contributed by atoms with Gasteiger partial charge in [0, 0.05) is 31.4 Å². The molecule has 4 nitrogen and oxygen atoms in total. The van der Waals surface area contributed by atoms with Crippen LogP contribution in [0.3, 0.4) is 0 Å². The van der Waals surface area contributed by atoms with Crippen LogP contribution in [0.2, 0.25) is 0 Å². The van der Waals surface area contributed by atoms with Crippen LogP contribution in [0.5, 0.6) is 0 Å². The lowest BCUT2D eigenvalue weighted by Gasteiger charge is -2.36. The van der Waals surface area contributed by atoms with Gasteiger partial charge in [0.05, 0.1) is 0 Å². The summed E-state index contributed by atoms with van der Waals surface area (Å²) in [5.74, 6) is 1.11. The van der Waals surface area contributed by atoms with Gasteiger partial charge >= 0.3 is 0 Å². The minimum Gasteiger partial charge on any atom is -0.355 e. The summed E-state index contributed by atoms with van der Waals surface area (Å²) in [5, 5.41) is 7.14. The molecule has 88 valence electrons. The molecule has 4 heteroatoms. The average molecular weight is 220 g/mol. The van der Waals surface area contributed by atoms with Crippen LogP contribution in [0.15, 0.2) is 12.3 Å². The van der Waals surface area contributed by atoms with Gasteiger partial charge in [-0.05, 0) is 38.8 Å².